The van der Waals surface area contributed by atoms with Crippen molar-refractivity contribution in [2.45, 2.75) is 26.7 Å². The predicted octanol–water partition coefficient (Wildman–Crippen LogP) is 0.751. The summed E-state index contributed by atoms with van der Waals surface area (Å²) in [6.07, 6.45) is 1.54. The number of aliphatic carboxylic acids is 1. The standard InChI is InChI=1S/C5H10O.C2H4O2/c1-3-4-5(2)6;1-2(3)4/h6H,2-4H2,1H3;1H3,(H,3,4)/p-1. The van der Waals surface area contributed by atoms with Crippen LogP contribution in [0.15, 0.2) is 12.3 Å². The van der Waals surface area contributed by atoms with Gasteiger partial charge in [0.1, 0.15) is 0 Å². The molecule has 0 aliphatic carbocycles. The highest BCUT2D eigenvalue weighted by Crippen LogP contribution is 1.89. The van der Waals surface area contributed by atoms with Gasteiger partial charge in [-0.15, -0.1) is 12.3 Å². The third kappa shape index (κ3) is 62.7. The summed E-state index contributed by atoms with van der Waals surface area (Å²) in [6.45, 7) is 6.23. The van der Waals surface area contributed by atoms with Gasteiger partial charge < -0.3 is 10.2 Å². The monoisotopic (exact) mass is 145 g/mol. The molecule has 0 aromatic carbocycles. The minimum Gasteiger partial charge on any atom is -0.876 e. The molecule has 0 saturated carbocycles. The number of allylic oxidation sites excluding steroid dienone is 1. The molecule has 0 aromatic heterocycles. The van der Waals surface area contributed by atoms with Gasteiger partial charge in [-0.05, 0) is 6.42 Å². The lowest BCUT2D eigenvalue weighted by molar-refractivity contribution is -0.305. The third-order valence-electron chi connectivity index (χ3n) is 0.529. The van der Waals surface area contributed by atoms with Crippen LogP contribution in [-0.4, -0.2) is 11.1 Å². The second kappa shape index (κ2) is 8.01. The highest BCUT2D eigenvalue weighted by atomic mass is 16.4. The Morgan fingerprint density at radius 2 is 2.00 bits per heavy atom. The van der Waals surface area contributed by atoms with Crippen LogP contribution < -0.4 is 5.11 Å². The number of hydrogen-bond donors (Lipinski definition) is 1. The summed E-state index contributed by atoms with van der Waals surface area (Å²) < 4.78 is 0. The lowest BCUT2D eigenvalue weighted by Crippen LogP contribution is -1.99. The number of carboxylic acids is 1. The van der Waals surface area contributed by atoms with Gasteiger partial charge in [0.25, 0.3) is 5.97 Å². The maximum Gasteiger partial charge on any atom is 0.300 e. The highest BCUT2D eigenvalue weighted by molar-refractivity contribution is 5.62. The van der Waals surface area contributed by atoms with E-state index >= 15 is 0 Å². The summed E-state index contributed by atoms with van der Waals surface area (Å²) >= 11 is 0. The van der Waals surface area contributed by atoms with Gasteiger partial charge in [0.05, 0.1) is 0 Å². The Morgan fingerprint density at radius 1 is 1.70 bits per heavy atom. The maximum atomic E-state index is 9.93. The fourth-order valence-corrected chi connectivity index (χ4v) is 0.279. The molecule has 0 rings (SSSR count). The summed E-state index contributed by atoms with van der Waals surface area (Å²) in [4.78, 5) is 9.00. The first-order valence-corrected chi connectivity index (χ1v) is 3.05. The van der Waals surface area contributed by atoms with Gasteiger partial charge in [0.2, 0.25) is 0 Å². The molecule has 0 amide bonds. The first-order valence-electron chi connectivity index (χ1n) is 3.05. The Hall–Kier alpha value is -0.990. The average Bonchev–Trinajstić information content (AvgIpc) is 1.62. The first-order chi connectivity index (χ1) is 4.50. The van der Waals surface area contributed by atoms with E-state index in [-0.39, 0.29) is 5.76 Å². The van der Waals surface area contributed by atoms with Gasteiger partial charge in [-0.25, -0.2) is 0 Å². The number of hydrogen-bond acceptors (Lipinski definition) is 2. The molecule has 0 bridgehead atoms. The zero-order valence-corrected chi connectivity index (χ0v) is 6.39. The topological polar surface area (TPSA) is 60.4 Å². The Labute approximate surface area is 61.0 Å². The Balaban J connectivity index is 0. The van der Waals surface area contributed by atoms with E-state index in [4.69, 9.17) is 9.90 Å². The molecule has 3 heteroatoms. The van der Waals surface area contributed by atoms with Gasteiger partial charge >= 0.3 is 0 Å². The summed E-state index contributed by atoms with van der Waals surface area (Å²) in [6, 6.07) is 0. The van der Waals surface area contributed by atoms with Crippen molar-refractivity contribution in [3.8, 4) is 0 Å². The molecule has 0 spiro atoms. The average molecular weight is 145 g/mol. The van der Waals surface area contributed by atoms with Crippen molar-refractivity contribution < 1.29 is 15.0 Å². The highest BCUT2D eigenvalue weighted by Gasteiger charge is 1.69. The second-order valence-corrected chi connectivity index (χ2v) is 1.81. The molecule has 0 aliphatic rings. The molecule has 0 aromatic rings. The van der Waals surface area contributed by atoms with Gasteiger partial charge in [0, 0.05) is 6.92 Å². The van der Waals surface area contributed by atoms with E-state index in [1.165, 1.54) is 0 Å². The molecule has 0 aliphatic heterocycles. The molecular weight excluding hydrogens is 132 g/mol. The largest absolute Gasteiger partial charge is 0.876 e. The van der Waals surface area contributed by atoms with Crippen LogP contribution in [-0.2, 0) is 4.79 Å². The van der Waals surface area contributed by atoms with Crippen molar-refractivity contribution in [1.29, 1.82) is 0 Å². The molecule has 0 atom stereocenters. The molecule has 1 N–H and O–H groups in total. The summed E-state index contributed by atoms with van der Waals surface area (Å²) in [5, 5.41) is 17.3. The maximum absolute atomic E-state index is 9.93. The summed E-state index contributed by atoms with van der Waals surface area (Å²) in [7, 11) is 0. The van der Waals surface area contributed by atoms with E-state index in [0.29, 0.717) is 6.42 Å². The van der Waals surface area contributed by atoms with Crippen molar-refractivity contribution in [3.63, 3.8) is 0 Å². The first kappa shape index (κ1) is 11.8. The lowest BCUT2D eigenvalue weighted by atomic mass is 10.3. The van der Waals surface area contributed by atoms with Crippen molar-refractivity contribution in [2.75, 3.05) is 0 Å². The SMILES string of the molecule is C=C([O-])CCC.CC(=O)O. The van der Waals surface area contributed by atoms with Crippen molar-refractivity contribution in [3.05, 3.63) is 12.3 Å². The fraction of sp³-hybridized carbons (Fsp3) is 0.571. The zero-order chi connectivity index (χ0) is 8.57. The molecule has 0 fully saturated rings. The Bertz CT molecular complexity index is 103. The van der Waals surface area contributed by atoms with Crippen molar-refractivity contribution in [2.24, 2.45) is 0 Å². The molecular formula is C7H13O3-. The molecule has 0 unspecified atom stereocenters. The Morgan fingerprint density at radius 3 is 2.00 bits per heavy atom. The van der Waals surface area contributed by atoms with Crippen LogP contribution in [0.3, 0.4) is 0 Å². The predicted molar refractivity (Wildman–Crippen MR) is 37.4 cm³/mol. The minimum atomic E-state index is -0.833. The van der Waals surface area contributed by atoms with E-state index in [9.17, 15) is 5.11 Å². The number of rotatable bonds is 2. The van der Waals surface area contributed by atoms with Crippen LogP contribution in [0.1, 0.15) is 26.7 Å². The number of carboxylic acid groups (broad SMARTS) is 1. The third-order valence-corrected chi connectivity index (χ3v) is 0.529. The molecule has 0 heterocycles. The molecule has 0 saturated heterocycles. The smallest absolute Gasteiger partial charge is 0.300 e. The van der Waals surface area contributed by atoms with Gasteiger partial charge in [-0.1, -0.05) is 13.3 Å². The van der Waals surface area contributed by atoms with E-state index in [1.54, 1.807) is 0 Å². The van der Waals surface area contributed by atoms with E-state index in [1.807, 2.05) is 6.92 Å². The lowest BCUT2D eigenvalue weighted by Gasteiger charge is -2.03. The fourth-order valence-electron chi connectivity index (χ4n) is 0.279. The van der Waals surface area contributed by atoms with E-state index < -0.39 is 5.97 Å². The molecule has 3 nitrogen and oxygen atoms in total. The van der Waals surface area contributed by atoms with E-state index in [0.717, 1.165) is 13.3 Å². The second-order valence-electron chi connectivity index (χ2n) is 1.81. The van der Waals surface area contributed by atoms with Gasteiger partial charge in [-0.3, -0.25) is 4.79 Å². The van der Waals surface area contributed by atoms with Crippen LogP contribution in [0, 0.1) is 0 Å². The minimum absolute atomic E-state index is 0.0394. The summed E-state index contributed by atoms with van der Waals surface area (Å²) in [5.41, 5.74) is 0. The van der Waals surface area contributed by atoms with Crippen LogP contribution >= 0.6 is 0 Å². The zero-order valence-electron chi connectivity index (χ0n) is 6.39. The van der Waals surface area contributed by atoms with E-state index in [2.05, 4.69) is 6.58 Å². The quantitative estimate of drug-likeness (QED) is 0.583. The van der Waals surface area contributed by atoms with Crippen molar-refractivity contribution >= 4 is 5.97 Å². The van der Waals surface area contributed by atoms with Crippen LogP contribution in [0.5, 0.6) is 0 Å². The van der Waals surface area contributed by atoms with Crippen LogP contribution in [0.2, 0.25) is 0 Å². The number of carbonyl (C=O) groups is 1. The molecule has 0 radical (unpaired) electrons. The molecule has 60 valence electrons. The normalized spacial score (nSPS) is 7.40. The van der Waals surface area contributed by atoms with Crippen LogP contribution in [0.25, 0.3) is 0 Å². The van der Waals surface area contributed by atoms with Gasteiger partial charge in [0.15, 0.2) is 0 Å². The summed E-state index contributed by atoms with van der Waals surface area (Å²) in [5.74, 6) is -0.794. The van der Waals surface area contributed by atoms with Gasteiger partial charge in [-0.2, -0.15) is 0 Å². The van der Waals surface area contributed by atoms with Crippen molar-refractivity contribution in [1.82, 2.24) is 0 Å². The molecule has 10 heavy (non-hydrogen) atoms. The Kier molecular flexibility index (Phi) is 9.42. The van der Waals surface area contributed by atoms with Crippen LogP contribution in [0.4, 0.5) is 0 Å².